The molecule has 2 heterocycles. The van der Waals surface area contributed by atoms with Crippen LogP contribution < -0.4 is 0 Å². The highest BCUT2D eigenvalue weighted by Gasteiger charge is 2.39. The zero-order valence-electron chi connectivity index (χ0n) is 12.0. The number of rotatable bonds is 0. The van der Waals surface area contributed by atoms with Gasteiger partial charge in [-0.05, 0) is 24.3 Å². The van der Waals surface area contributed by atoms with E-state index in [0.717, 1.165) is 19.6 Å². The molecule has 0 amide bonds. The van der Waals surface area contributed by atoms with Crippen LogP contribution in [0.15, 0.2) is 68.1 Å². The maximum Gasteiger partial charge on any atom is 0.0874 e. The van der Waals surface area contributed by atoms with Crippen molar-refractivity contribution in [3.05, 3.63) is 48.5 Å². The molecular formula is C16H16N2O2S2. The second-order valence-electron chi connectivity index (χ2n) is 5.25. The Labute approximate surface area is 133 Å². The molecule has 0 spiro atoms. The number of nitrogens with zero attached hydrogens (tertiary/aromatic N) is 2. The highest BCUT2D eigenvalue weighted by molar-refractivity contribution is 8.20. The number of ether oxygens (including phenoxy) is 1. The monoisotopic (exact) mass is 332 g/mol. The molecule has 2 aliphatic heterocycles. The molecule has 0 saturated carbocycles. The fourth-order valence-electron chi connectivity index (χ4n) is 3.00. The number of hydrogen-bond acceptors (Lipinski definition) is 4. The second kappa shape index (κ2) is 5.33. The van der Waals surface area contributed by atoms with Crippen LogP contribution in [0.25, 0.3) is 0 Å². The van der Waals surface area contributed by atoms with Gasteiger partial charge in [0.05, 0.1) is 43.6 Å². The maximum atomic E-state index is 12.8. The van der Waals surface area contributed by atoms with Crippen molar-refractivity contribution in [1.29, 1.82) is 4.61 Å². The molecule has 0 atom stereocenters. The minimum atomic E-state index is -2.33. The second-order valence-corrected chi connectivity index (χ2v) is 9.16. The van der Waals surface area contributed by atoms with E-state index < -0.39 is 20.6 Å². The summed E-state index contributed by atoms with van der Waals surface area (Å²) in [5.41, 5.74) is 0. The molecule has 6 heteroatoms. The Morgan fingerprint density at radius 3 is 2.00 bits per heavy atom. The van der Waals surface area contributed by atoms with Crippen LogP contribution in [0.1, 0.15) is 0 Å². The van der Waals surface area contributed by atoms with Gasteiger partial charge in [-0.1, -0.05) is 24.3 Å². The Bertz CT molecular complexity index is 807. The molecule has 1 fully saturated rings. The predicted octanol–water partition coefficient (Wildman–Crippen LogP) is 3.12. The van der Waals surface area contributed by atoms with Gasteiger partial charge in [0.15, 0.2) is 0 Å². The fraction of sp³-hybridized carbons (Fsp3) is 0.250. The highest BCUT2D eigenvalue weighted by atomic mass is 32.2. The molecule has 22 heavy (non-hydrogen) atoms. The quantitative estimate of drug-likeness (QED) is 0.744. The number of fused-ring (bicyclic) bond motifs is 2. The molecule has 1 saturated heterocycles. The number of benzene rings is 2. The zero-order valence-corrected chi connectivity index (χ0v) is 13.6. The lowest BCUT2D eigenvalue weighted by Crippen LogP contribution is -2.36. The van der Waals surface area contributed by atoms with E-state index in [2.05, 4.69) is 4.31 Å². The van der Waals surface area contributed by atoms with E-state index in [-0.39, 0.29) is 0 Å². The first-order valence-electron chi connectivity index (χ1n) is 7.21. The third kappa shape index (κ3) is 1.93. The molecule has 114 valence electrons. The summed E-state index contributed by atoms with van der Waals surface area (Å²) in [7, 11) is -3.57. The van der Waals surface area contributed by atoms with Crippen molar-refractivity contribution in [2.75, 3.05) is 26.3 Å². The minimum absolute atomic E-state index is 0.614. The predicted molar refractivity (Wildman–Crippen MR) is 85.8 cm³/mol. The Hall–Kier alpha value is -1.43. The molecule has 0 radical (unpaired) electrons. The van der Waals surface area contributed by atoms with Gasteiger partial charge in [0, 0.05) is 22.9 Å². The van der Waals surface area contributed by atoms with Crippen LogP contribution in [0, 0.1) is 4.61 Å². The first-order chi connectivity index (χ1) is 10.7. The first kappa shape index (κ1) is 14.2. The Morgan fingerprint density at radius 1 is 0.955 bits per heavy atom. The SMILES string of the molecule is N#S1(N2CCOCC2)c2ccccc2S(=O)c2ccccc21. The van der Waals surface area contributed by atoms with E-state index in [1.54, 1.807) is 0 Å². The van der Waals surface area contributed by atoms with E-state index in [1.807, 2.05) is 48.5 Å². The van der Waals surface area contributed by atoms with Crippen molar-refractivity contribution >= 4 is 20.6 Å². The van der Waals surface area contributed by atoms with Crippen LogP contribution in [0.2, 0.25) is 0 Å². The van der Waals surface area contributed by atoms with E-state index in [0.29, 0.717) is 26.3 Å². The topological polar surface area (TPSA) is 53.3 Å². The van der Waals surface area contributed by atoms with E-state index in [4.69, 9.17) is 4.74 Å². The van der Waals surface area contributed by atoms with Crippen LogP contribution in [0.5, 0.6) is 0 Å². The van der Waals surface area contributed by atoms with Crippen molar-refractivity contribution < 1.29 is 8.95 Å². The van der Waals surface area contributed by atoms with Gasteiger partial charge in [0.2, 0.25) is 0 Å². The molecule has 0 N–H and O–H groups in total. The van der Waals surface area contributed by atoms with Crippen molar-refractivity contribution in [2.45, 2.75) is 19.6 Å². The molecule has 2 aliphatic rings. The van der Waals surface area contributed by atoms with Gasteiger partial charge < -0.3 is 4.74 Å². The summed E-state index contributed by atoms with van der Waals surface area (Å²) in [5.74, 6) is 0. The average molecular weight is 332 g/mol. The number of morpholine rings is 1. The van der Waals surface area contributed by atoms with Gasteiger partial charge in [-0.15, -0.1) is 0 Å². The molecule has 0 bridgehead atoms. The lowest BCUT2D eigenvalue weighted by atomic mass is 10.3. The normalized spacial score (nSPS) is 27.9. The highest BCUT2D eigenvalue weighted by Crippen LogP contribution is 2.59. The summed E-state index contributed by atoms with van der Waals surface area (Å²) in [5, 5.41) is 0. The molecule has 0 unspecified atom stereocenters. The van der Waals surface area contributed by atoms with Gasteiger partial charge in [0.1, 0.15) is 0 Å². The molecule has 2 aromatic rings. The minimum Gasteiger partial charge on any atom is -0.379 e. The van der Waals surface area contributed by atoms with Crippen molar-refractivity contribution in [3.8, 4) is 0 Å². The Kier molecular flexibility index (Phi) is 3.44. The molecule has 0 aliphatic carbocycles. The molecular weight excluding hydrogens is 316 g/mol. The number of hydrogen-bond donors (Lipinski definition) is 0. The van der Waals surface area contributed by atoms with Crippen LogP contribution in [0.4, 0.5) is 0 Å². The molecule has 0 aromatic heterocycles. The van der Waals surface area contributed by atoms with Crippen molar-refractivity contribution in [2.24, 2.45) is 0 Å². The summed E-state index contributed by atoms with van der Waals surface area (Å²) in [6, 6.07) is 15.1. The third-order valence-electron chi connectivity index (χ3n) is 4.05. The smallest absolute Gasteiger partial charge is 0.0874 e. The van der Waals surface area contributed by atoms with Crippen molar-refractivity contribution in [3.63, 3.8) is 0 Å². The lowest BCUT2D eigenvalue weighted by molar-refractivity contribution is 0.0758. The van der Waals surface area contributed by atoms with Gasteiger partial charge in [0.25, 0.3) is 0 Å². The molecule has 2 aromatic carbocycles. The summed E-state index contributed by atoms with van der Waals surface area (Å²) in [6.07, 6.45) is 0. The largest absolute Gasteiger partial charge is 0.379 e. The summed E-state index contributed by atoms with van der Waals surface area (Å²) in [6.45, 7) is 2.59. The van der Waals surface area contributed by atoms with Crippen LogP contribution >= 0.6 is 9.84 Å². The third-order valence-corrected chi connectivity index (χ3v) is 8.88. The zero-order chi connectivity index (χ0) is 15.2. The summed E-state index contributed by atoms with van der Waals surface area (Å²) < 4.78 is 32.1. The Balaban J connectivity index is 2.01. The lowest BCUT2D eigenvalue weighted by Gasteiger charge is -2.39. The van der Waals surface area contributed by atoms with E-state index in [9.17, 15) is 8.82 Å². The van der Waals surface area contributed by atoms with Crippen molar-refractivity contribution in [1.82, 2.24) is 4.31 Å². The Morgan fingerprint density at radius 2 is 1.45 bits per heavy atom. The van der Waals surface area contributed by atoms with Crippen LogP contribution in [0.3, 0.4) is 0 Å². The average Bonchev–Trinajstić information content (AvgIpc) is 2.60. The first-order valence-corrected chi connectivity index (χ1v) is 9.91. The van der Waals surface area contributed by atoms with E-state index in [1.165, 1.54) is 0 Å². The molecule has 4 rings (SSSR count). The standard InChI is InChI=1S/C16H16N2O2S2/c17-22(18-9-11-20-12-10-18)15-7-3-1-5-13(15)21(19)14-6-2-4-8-16(14)22/h1-8H,9-12H2. The van der Waals surface area contributed by atoms with Crippen LogP contribution in [-0.4, -0.2) is 34.8 Å². The summed E-state index contributed by atoms with van der Waals surface area (Å²) in [4.78, 5) is 3.05. The maximum absolute atomic E-state index is 12.8. The van der Waals surface area contributed by atoms with Gasteiger partial charge in [-0.3, -0.25) is 0 Å². The molecule has 4 nitrogen and oxygen atoms in total. The van der Waals surface area contributed by atoms with Gasteiger partial charge in [-0.2, -0.15) is 0 Å². The van der Waals surface area contributed by atoms with Crippen LogP contribution in [-0.2, 0) is 15.5 Å². The van der Waals surface area contributed by atoms with E-state index >= 15 is 0 Å². The summed E-state index contributed by atoms with van der Waals surface area (Å²) >= 11 is 0. The van der Waals surface area contributed by atoms with Gasteiger partial charge >= 0.3 is 0 Å². The fourth-order valence-corrected chi connectivity index (χ4v) is 8.00. The van der Waals surface area contributed by atoms with Gasteiger partial charge in [-0.25, -0.2) is 13.1 Å².